The molecule has 0 fully saturated rings. The molecule has 0 N–H and O–H groups in total. The van der Waals surface area contributed by atoms with E-state index in [0.717, 1.165) is 12.0 Å². The van der Waals surface area contributed by atoms with E-state index in [0.29, 0.717) is 23.3 Å². The van der Waals surface area contributed by atoms with Crippen molar-refractivity contribution < 1.29 is 4.52 Å². The molecule has 0 bridgehead atoms. The van der Waals surface area contributed by atoms with Gasteiger partial charge >= 0.3 is 0 Å². The Labute approximate surface area is 99.1 Å². The quantitative estimate of drug-likeness (QED) is 0.804. The van der Waals surface area contributed by atoms with Crippen molar-refractivity contribution in [1.82, 2.24) is 15.1 Å². The molecular weight excluding hydrogens is 216 g/mol. The minimum atomic E-state index is 0.339. The van der Waals surface area contributed by atoms with Crippen molar-refractivity contribution in [3.63, 3.8) is 0 Å². The first-order valence-corrected chi connectivity index (χ1v) is 5.38. The monoisotopic (exact) mass is 228 g/mol. The third-order valence-electron chi connectivity index (χ3n) is 2.18. The molecule has 2 heterocycles. The Morgan fingerprint density at radius 1 is 1.47 bits per heavy atom. The van der Waals surface area contributed by atoms with Crippen LogP contribution in [-0.2, 0) is 6.42 Å². The standard InChI is InChI=1S/C12H12N4O/c1-8(2)5-11-15-12(17-16-11)9-3-4-14-10(6-9)7-13/h3-4,6,8H,5H2,1-2H3. The lowest BCUT2D eigenvalue weighted by atomic mass is 10.1. The molecule has 0 unspecified atom stereocenters. The zero-order chi connectivity index (χ0) is 12.3. The fraction of sp³-hybridized carbons (Fsp3) is 0.333. The fourth-order valence-corrected chi connectivity index (χ4v) is 1.44. The Balaban J connectivity index is 2.27. The Morgan fingerprint density at radius 2 is 2.29 bits per heavy atom. The van der Waals surface area contributed by atoms with Gasteiger partial charge in [0.1, 0.15) is 11.8 Å². The first kappa shape index (κ1) is 11.3. The SMILES string of the molecule is CC(C)Cc1noc(-c2ccnc(C#N)c2)n1. The summed E-state index contributed by atoms with van der Waals surface area (Å²) < 4.78 is 5.15. The molecule has 2 aromatic rings. The van der Waals surface area contributed by atoms with Gasteiger partial charge in [-0.15, -0.1) is 0 Å². The smallest absolute Gasteiger partial charge is 0.258 e. The highest BCUT2D eigenvalue weighted by atomic mass is 16.5. The van der Waals surface area contributed by atoms with E-state index in [1.807, 2.05) is 6.07 Å². The lowest BCUT2D eigenvalue weighted by Crippen LogP contribution is -1.95. The molecule has 86 valence electrons. The number of hydrogen-bond acceptors (Lipinski definition) is 5. The highest BCUT2D eigenvalue weighted by Gasteiger charge is 2.10. The van der Waals surface area contributed by atoms with Crippen LogP contribution in [-0.4, -0.2) is 15.1 Å². The van der Waals surface area contributed by atoms with Crippen LogP contribution in [0.15, 0.2) is 22.9 Å². The van der Waals surface area contributed by atoms with Gasteiger partial charge in [0.2, 0.25) is 0 Å². The second-order valence-electron chi connectivity index (χ2n) is 4.16. The Hall–Kier alpha value is -2.22. The Morgan fingerprint density at radius 3 is 3.00 bits per heavy atom. The molecule has 5 heteroatoms. The number of pyridine rings is 1. The van der Waals surface area contributed by atoms with Crippen molar-refractivity contribution in [2.75, 3.05) is 0 Å². The van der Waals surface area contributed by atoms with Gasteiger partial charge in [0, 0.05) is 18.2 Å². The predicted octanol–water partition coefficient (Wildman–Crippen LogP) is 2.20. The number of nitriles is 1. The van der Waals surface area contributed by atoms with Gasteiger partial charge in [-0.1, -0.05) is 19.0 Å². The van der Waals surface area contributed by atoms with Crippen molar-refractivity contribution in [1.29, 1.82) is 5.26 Å². The summed E-state index contributed by atoms with van der Waals surface area (Å²) in [7, 11) is 0. The largest absolute Gasteiger partial charge is 0.334 e. The number of aromatic nitrogens is 3. The zero-order valence-corrected chi connectivity index (χ0v) is 9.71. The van der Waals surface area contributed by atoms with Crippen LogP contribution in [0.1, 0.15) is 25.4 Å². The van der Waals surface area contributed by atoms with Crippen molar-refractivity contribution >= 4 is 0 Å². The average Bonchev–Trinajstić information content (AvgIpc) is 2.77. The van der Waals surface area contributed by atoms with Crippen molar-refractivity contribution in [2.45, 2.75) is 20.3 Å². The lowest BCUT2D eigenvalue weighted by molar-refractivity contribution is 0.417. The normalized spacial score (nSPS) is 10.5. The van der Waals surface area contributed by atoms with E-state index in [-0.39, 0.29) is 0 Å². The van der Waals surface area contributed by atoms with E-state index < -0.39 is 0 Å². The average molecular weight is 228 g/mol. The molecule has 2 rings (SSSR count). The molecule has 0 spiro atoms. The van der Waals surface area contributed by atoms with Crippen LogP contribution in [0.2, 0.25) is 0 Å². The van der Waals surface area contributed by atoms with Crippen LogP contribution >= 0.6 is 0 Å². The molecule has 2 aromatic heterocycles. The third kappa shape index (κ3) is 2.67. The second kappa shape index (κ2) is 4.74. The van der Waals surface area contributed by atoms with Gasteiger partial charge in [-0.3, -0.25) is 0 Å². The first-order valence-electron chi connectivity index (χ1n) is 5.38. The van der Waals surface area contributed by atoms with E-state index in [1.165, 1.54) is 0 Å². The van der Waals surface area contributed by atoms with Gasteiger partial charge in [0.15, 0.2) is 5.82 Å². The molecule has 0 aromatic carbocycles. The van der Waals surface area contributed by atoms with E-state index in [2.05, 4.69) is 29.0 Å². The number of hydrogen-bond donors (Lipinski definition) is 0. The van der Waals surface area contributed by atoms with Crippen LogP contribution in [0.3, 0.4) is 0 Å². The molecule has 0 aliphatic heterocycles. The molecule has 0 saturated carbocycles. The number of rotatable bonds is 3. The van der Waals surface area contributed by atoms with Crippen LogP contribution in [0.4, 0.5) is 0 Å². The molecule has 0 radical (unpaired) electrons. The highest BCUT2D eigenvalue weighted by Crippen LogP contribution is 2.17. The van der Waals surface area contributed by atoms with Gasteiger partial charge in [-0.05, 0) is 18.1 Å². The summed E-state index contributed by atoms with van der Waals surface area (Å²) in [6, 6.07) is 5.35. The summed E-state index contributed by atoms with van der Waals surface area (Å²) in [5, 5.41) is 12.7. The van der Waals surface area contributed by atoms with Crippen molar-refractivity contribution in [2.24, 2.45) is 5.92 Å². The van der Waals surface area contributed by atoms with Gasteiger partial charge in [-0.25, -0.2) is 4.98 Å². The molecular formula is C12H12N4O. The number of nitrogens with zero attached hydrogens (tertiary/aromatic N) is 4. The van der Waals surface area contributed by atoms with Crippen molar-refractivity contribution in [3.05, 3.63) is 29.8 Å². The van der Waals surface area contributed by atoms with Crippen LogP contribution in [0.5, 0.6) is 0 Å². The maximum atomic E-state index is 8.75. The lowest BCUT2D eigenvalue weighted by Gasteiger charge is -1.96. The maximum absolute atomic E-state index is 8.75. The van der Waals surface area contributed by atoms with Gasteiger partial charge in [0.05, 0.1) is 0 Å². The zero-order valence-electron chi connectivity index (χ0n) is 9.71. The predicted molar refractivity (Wildman–Crippen MR) is 60.8 cm³/mol. The summed E-state index contributed by atoms with van der Waals surface area (Å²) in [5.74, 6) is 1.59. The van der Waals surface area contributed by atoms with Crippen LogP contribution in [0.25, 0.3) is 11.5 Å². The van der Waals surface area contributed by atoms with E-state index >= 15 is 0 Å². The summed E-state index contributed by atoms with van der Waals surface area (Å²) in [5.41, 5.74) is 1.06. The summed E-state index contributed by atoms with van der Waals surface area (Å²) >= 11 is 0. The van der Waals surface area contributed by atoms with E-state index in [4.69, 9.17) is 9.78 Å². The molecule has 0 aliphatic rings. The van der Waals surface area contributed by atoms with E-state index in [1.54, 1.807) is 18.3 Å². The molecule has 0 aliphatic carbocycles. The molecule has 0 atom stereocenters. The Kier molecular flexibility index (Phi) is 3.15. The first-order chi connectivity index (χ1) is 8.19. The van der Waals surface area contributed by atoms with Crippen LogP contribution < -0.4 is 0 Å². The van der Waals surface area contributed by atoms with Gasteiger partial charge < -0.3 is 4.52 Å². The van der Waals surface area contributed by atoms with Gasteiger partial charge in [-0.2, -0.15) is 10.2 Å². The van der Waals surface area contributed by atoms with Crippen LogP contribution in [0, 0.1) is 17.2 Å². The second-order valence-corrected chi connectivity index (χ2v) is 4.16. The molecule has 5 nitrogen and oxygen atoms in total. The summed E-state index contributed by atoms with van der Waals surface area (Å²) in [6.45, 7) is 4.19. The molecule has 0 saturated heterocycles. The third-order valence-corrected chi connectivity index (χ3v) is 2.18. The molecule has 17 heavy (non-hydrogen) atoms. The molecule has 0 amide bonds. The highest BCUT2D eigenvalue weighted by molar-refractivity contribution is 5.53. The van der Waals surface area contributed by atoms with E-state index in [9.17, 15) is 0 Å². The fourth-order valence-electron chi connectivity index (χ4n) is 1.44. The maximum Gasteiger partial charge on any atom is 0.258 e. The summed E-state index contributed by atoms with van der Waals surface area (Å²) in [6.07, 6.45) is 2.33. The van der Waals surface area contributed by atoms with Gasteiger partial charge in [0.25, 0.3) is 5.89 Å². The topological polar surface area (TPSA) is 75.6 Å². The van der Waals surface area contributed by atoms with Crippen molar-refractivity contribution in [3.8, 4) is 17.5 Å². The Bertz CT molecular complexity index is 554. The minimum Gasteiger partial charge on any atom is -0.334 e. The summed E-state index contributed by atoms with van der Waals surface area (Å²) in [4.78, 5) is 8.17. The minimum absolute atomic E-state index is 0.339.